The van der Waals surface area contributed by atoms with Gasteiger partial charge in [-0.25, -0.2) is 0 Å². The number of anilines is 1. The predicted molar refractivity (Wildman–Crippen MR) is 70.7 cm³/mol. The molecule has 0 aromatic heterocycles. The van der Waals surface area contributed by atoms with Crippen LogP contribution in [0.1, 0.15) is 24.0 Å². The number of aliphatic hydroxyl groups is 1. The molecule has 1 saturated heterocycles. The molecule has 5 nitrogen and oxygen atoms in total. The van der Waals surface area contributed by atoms with E-state index in [0.717, 1.165) is 11.1 Å². The zero-order chi connectivity index (χ0) is 13.7. The van der Waals surface area contributed by atoms with E-state index >= 15 is 0 Å². The normalized spacial score (nSPS) is 15.7. The predicted octanol–water partition coefficient (Wildman–Crippen LogP) is 1.58. The molecular weight excluding hydrogens is 246 g/mol. The minimum Gasteiger partial charge on any atom is -0.392 e. The second-order valence-corrected chi connectivity index (χ2v) is 4.56. The Bertz CT molecular complexity index is 441. The smallest absolute Gasteiger partial charge is 0.224 e. The van der Waals surface area contributed by atoms with Gasteiger partial charge in [-0.1, -0.05) is 6.07 Å². The second kappa shape index (κ2) is 6.65. The number of hydrogen-bond acceptors (Lipinski definition) is 4. The summed E-state index contributed by atoms with van der Waals surface area (Å²) in [4.78, 5) is 11.8. The number of aryl methyl sites for hydroxylation is 1. The molecule has 19 heavy (non-hydrogen) atoms. The Labute approximate surface area is 112 Å². The van der Waals surface area contributed by atoms with Crippen LogP contribution in [0.25, 0.3) is 0 Å². The summed E-state index contributed by atoms with van der Waals surface area (Å²) in [7, 11) is 0. The van der Waals surface area contributed by atoms with Gasteiger partial charge in [-0.2, -0.15) is 0 Å². The lowest BCUT2D eigenvalue weighted by molar-refractivity contribution is -0.118. The topological polar surface area (TPSA) is 67.8 Å². The van der Waals surface area contributed by atoms with E-state index in [2.05, 4.69) is 5.32 Å². The van der Waals surface area contributed by atoms with Crippen molar-refractivity contribution in [3.8, 4) is 0 Å². The van der Waals surface area contributed by atoms with Gasteiger partial charge in [-0.05, 0) is 30.2 Å². The quantitative estimate of drug-likeness (QED) is 0.848. The molecule has 2 N–H and O–H groups in total. The van der Waals surface area contributed by atoms with Crippen molar-refractivity contribution in [1.82, 2.24) is 0 Å². The molecule has 0 aliphatic carbocycles. The summed E-state index contributed by atoms with van der Waals surface area (Å²) < 4.78 is 10.5. The van der Waals surface area contributed by atoms with Crippen LogP contribution >= 0.6 is 0 Å². The highest BCUT2D eigenvalue weighted by Gasteiger charge is 2.17. The van der Waals surface area contributed by atoms with Crippen LogP contribution in [0.15, 0.2) is 18.2 Å². The lowest BCUT2D eigenvalue weighted by Crippen LogP contribution is -2.16. The molecular formula is C14H19NO4. The third-order valence-electron chi connectivity index (χ3n) is 3.10. The van der Waals surface area contributed by atoms with E-state index < -0.39 is 0 Å². The molecule has 1 fully saturated rings. The zero-order valence-electron chi connectivity index (χ0n) is 11.0. The lowest BCUT2D eigenvalue weighted by atomic mass is 10.1. The number of carbonyl (C=O) groups is 1. The molecule has 0 unspecified atom stereocenters. The summed E-state index contributed by atoms with van der Waals surface area (Å²) >= 11 is 0. The summed E-state index contributed by atoms with van der Waals surface area (Å²) in [5.41, 5.74) is 2.53. The molecule has 0 saturated carbocycles. The highest BCUT2D eigenvalue weighted by Crippen LogP contribution is 2.16. The Balaban J connectivity index is 1.84. The average Bonchev–Trinajstić information content (AvgIpc) is 2.92. The van der Waals surface area contributed by atoms with Crippen molar-refractivity contribution in [2.24, 2.45) is 0 Å². The third kappa shape index (κ3) is 4.02. The van der Waals surface area contributed by atoms with Crippen molar-refractivity contribution < 1.29 is 19.4 Å². The lowest BCUT2D eigenvalue weighted by Gasteiger charge is -2.10. The van der Waals surface area contributed by atoms with Crippen molar-refractivity contribution in [2.75, 3.05) is 18.5 Å². The first-order chi connectivity index (χ1) is 9.19. The summed E-state index contributed by atoms with van der Waals surface area (Å²) in [6.07, 6.45) is 0.661. The van der Waals surface area contributed by atoms with Crippen LogP contribution in [0.5, 0.6) is 0 Å². The fraction of sp³-hybridized carbons (Fsp3) is 0.500. The molecule has 104 valence electrons. The molecule has 5 heteroatoms. The van der Waals surface area contributed by atoms with Crippen molar-refractivity contribution >= 4 is 11.6 Å². The maximum absolute atomic E-state index is 11.8. The molecule has 2 rings (SSSR count). The van der Waals surface area contributed by atoms with Gasteiger partial charge in [0, 0.05) is 18.5 Å². The van der Waals surface area contributed by atoms with Gasteiger partial charge in [0.05, 0.1) is 19.8 Å². The van der Waals surface area contributed by atoms with E-state index in [9.17, 15) is 9.90 Å². The standard InChI is InChI=1S/C14H19NO4/c1-10-2-3-12(8-11(10)9-16)15-13(17)4-5-14-18-6-7-19-14/h2-3,8,14,16H,4-7,9H2,1H3,(H,15,17). The number of carbonyl (C=O) groups excluding carboxylic acids is 1. The zero-order valence-corrected chi connectivity index (χ0v) is 11.0. The van der Waals surface area contributed by atoms with Crippen molar-refractivity contribution in [3.05, 3.63) is 29.3 Å². The Morgan fingerprint density at radius 2 is 2.16 bits per heavy atom. The van der Waals surface area contributed by atoms with Gasteiger partial charge >= 0.3 is 0 Å². The van der Waals surface area contributed by atoms with Crippen LogP contribution in [-0.4, -0.2) is 30.5 Å². The highest BCUT2D eigenvalue weighted by molar-refractivity contribution is 5.90. The molecule has 1 amide bonds. The van der Waals surface area contributed by atoms with Crippen LogP contribution < -0.4 is 5.32 Å². The summed E-state index contributed by atoms with van der Waals surface area (Å²) in [5, 5.41) is 12.0. The third-order valence-corrected chi connectivity index (χ3v) is 3.10. The molecule has 0 radical (unpaired) electrons. The number of aliphatic hydroxyl groups excluding tert-OH is 1. The Morgan fingerprint density at radius 1 is 1.42 bits per heavy atom. The summed E-state index contributed by atoms with van der Waals surface area (Å²) in [6, 6.07) is 5.50. The number of nitrogens with one attached hydrogen (secondary N) is 1. The maximum atomic E-state index is 11.8. The molecule has 0 atom stereocenters. The van der Waals surface area contributed by atoms with Crippen LogP contribution in [0, 0.1) is 6.92 Å². The molecule has 1 aliphatic heterocycles. The number of hydrogen-bond donors (Lipinski definition) is 2. The van der Waals surface area contributed by atoms with Crippen LogP contribution in [-0.2, 0) is 20.9 Å². The fourth-order valence-electron chi connectivity index (χ4n) is 1.97. The van der Waals surface area contributed by atoms with Gasteiger partial charge < -0.3 is 19.9 Å². The number of amides is 1. The van der Waals surface area contributed by atoms with E-state index in [1.807, 2.05) is 19.1 Å². The largest absolute Gasteiger partial charge is 0.392 e. The monoisotopic (exact) mass is 265 g/mol. The van der Waals surface area contributed by atoms with Crippen molar-refractivity contribution in [1.29, 1.82) is 0 Å². The van der Waals surface area contributed by atoms with Crippen LogP contribution in [0.4, 0.5) is 5.69 Å². The van der Waals surface area contributed by atoms with Gasteiger partial charge in [0.15, 0.2) is 6.29 Å². The minimum atomic E-state index is -0.253. The van der Waals surface area contributed by atoms with E-state index in [1.54, 1.807) is 6.07 Å². The van der Waals surface area contributed by atoms with Gasteiger partial charge in [-0.15, -0.1) is 0 Å². The van der Waals surface area contributed by atoms with Gasteiger partial charge in [-0.3, -0.25) is 4.79 Å². The first-order valence-corrected chi connectivity index (χ1v) is 6.42. The van der Waals surface area contributed by atoms with Crippen molar-refractivity contribution in [2.45, 2.75) is 32.7 Å². The van der Waals surface area contributed by atoms with Gasteiger partial charge in [0.1, 0.15) is 0 Å². The van der Waals surface area contributed by atoms with E-state index in [-0.39, 0.29) is 18.8 Å². The molecule has 1 aromatic carbocycles. The van der Waals surface area contributed by atoms with Crippen LogP contribution in [0.2, 0.25) is 0 Å². The minimum absolute atomic E-state index is 0.0285. The summed E-state index contributed by atoms with van der Waals surface area (Å²) in [6.45, 7) is 3.10. The number of rotatable bonds is 5. The molecule has 0 spiro atoms. The van der Waals surface area contributed by atoms with Gasteiger partial charge in [0.2, 0.25) is 5.91 Å². The Morgan fingerprint density at radius 3 is 2.84 bits per heavy atom. The molecule has 1 heterocycles. The fourth-order valence-corrected chi connectivity index (χ4v) is 1.97. The molecule has 1 aliphatic rings. The van der Waals surface area contributed by atoms with Crippen LogP contribution in [0.3, 0.4) is 0 Å². The maximum Gasteiger partial charge on any atom is 0.224 e. The molecule has 0 bridgehead atoms. The van der Waals surface area contributed by atoms with E-state index in [4.69, 9.17) is 9.47 Å². The van der Waals surface area contributed by atoms with Crippen molar-refractivity contribution in [3.63, 3.8) is 0 Å². The average molecular weight is 265 g/mol. The highest BCUT2D eigenvalue weighted by atomic mass is 16.7. The Kier molecular flexibility index (Phi) is 4.90. The first-order valence-electron chi connectivity index (χ1n) is 6.42. The number of ether oxygens (including phenoxy) is 2. The van der Waals surface area contributed by atoms with E-state index in [0.29, 0.717) is 31.7 Å². The van der Waals surface area contributed by atoms with Gasteiger partial charge in [0.25, 0.3) is 0 Å². The summed E-state index contributed by atoms with van der Waals surface area (Å²) in [5.74, 6) is -0.0770. The number of benzene rings is 1. The van der Waals surface area contributed by atoms with E-state index in [1.165, 1.54) is 0 Å². The Hall–Kier alpha value is -1.43. The second-order valence-electron chi connectivity index (χ2n) is 4.56. The SMILES string of the molecule is Cc1ccc(NC(=O)CCC2OCCO2)cc1CO. The first kappa shape index (κ1) is 14.0. The molecule has 1 aromatic rings.